The molecule has 6 nitrogen and oxygen atoms in total. The number of fused-ring (bicyclic) bond motifs is 3. The summed E-state index contributed by atoms with van der Waals surface area (Å²) in [6.07, 6.45) is 0. The molecule has 0 saturated carbocycles. The van der Waals surface area contributed by atoms with Crippen molar-refractivity contribution in [2.75, 3.05) is 0 Å². The molecule has 0 radical (unpaired) electrons. The number of furan rings is 1. The zero-order valence-electron chi connectivity index (χ0n) is 24.9. The highest BCUT2D eigenvalue weighted by atomic mass is 16.3. The number of rotatable bonds is 5. The first kappa shape index (κ1) is 27.6. The van der Waals surface area contributed by atoms with Crippen molar-refractivity contribution in [3.05, 3.63) is 151 Å². The fraction of sp³-hybridized carbons (Fsp3) is 0. The Morgan fingerprint density at radius 1 is 0.404 bits per heavy atom. The monoisotopic (exact) mass is 601 g/mol. The maximum Gasteiger partial charge on any atom is 0.167 e. The first-order valence-corrected chi connectivity index (χ1v) is 15.1. The molecule has 0 amide bonds. The number of para-hydroxylation sites is 1. The topological polar surface area (TPSA) is 99.4 Å². The van der Waals surface area contributed by atoms with Crippen LogP contribution in [0.15, 0.2) is 144 Å². The first-order valence-electron chi connectivity index (χ1n) is 15.1. The summed E-state index contributed by atoms with van der Waals surface area (Å²) in [6.45, 7) is 0. The average Bonchev–Trinajstić information content (AvgIpc) is 3.54. The second kappa shape index (κ2) is 11.6. The van der Waals surface area contributed by atoms with Crippen LogP contribution in [-0.2, 0) is 0 Å². The molecule has 0 N–H and O–H groups in total. The molecular formula is C41H23N5O. The highest BCUT2D eigenvalue weighted by molar-refractivity contribution is 6.14. The van der Waals surface area contributed by atoms with Gasteiger partial charge in [0.15, 0.2) is 17.5 Å². The number of benzene rings is 6. The lowest BCUT2D eigenvalue weighted by Crippen LogP contribution is -2.00. The van der Waals surface area contributed by atoms with Crippen LogP contribution in [0.3, 0.4) is 0 Å². The van der Waals surface area contributed by atoms with Crippen molar-refractivity contribution >= 4 is 21.9 Å². The van der Waals surface area contributed by atoms with Gasteiger partial charge in [-0.05, 0) is 59.2 Å². The second-order valence-corrected chi connectivity index (χ2v) is 11.1. The van der Waals surface area contributed by atoms with Gasteiger partial charge < -0.3 is 4.42 Å². The fourth-order valence-corrected chi connectivity index (χ4v) is 5.91. The second-order valence-electron chi connectivity index (χ2n) is 11.1. The molecule has 8 rings (SSSR count). The lowest BCUT2D eigenvalue weighted by molar-refractivity contribution is 0.670. The first-order chi connectivity index (χ1) is 23.2. The summed E-state index contributed by atoms with van der Waals surface area (Å²) in [5.41, 5.74) is 8.49. The van der Waals surface area contributed by atoms with E-state index in [1.807, 2.05) is 115 Å². The van der Waals surface area contributed by atoms with E-state index in [2.05, 4.69) is 24.3 Å². The Bertz CT molecular complexity index is 2480. The zero-order valence-corrected chi connectivity index (χ0v) is 24.9. The summed E-state index contributed by atoms with van der Waals surface area (Å²) < 4.78 is 6.79. The third kappa shape index (κ3) is 5.07. The van der Waals surface area contributed by atoms with Crippen LogP contribution >= 0.6 is 0 Å². The molecule has 0 aliphatic rings. The molecule has 0 bridgehead atoms. The van der Waals surface area contributed by atoms with Crippen molar-refractivity contribution in [1.29, 1.82) is 10.5 Å². The summed E-state index contributed by atoms with van der Waals surface area (Å²) in [7, 11) is 0. The lowest BCUT2D eigenvalue weighted by atomic mass is 9.94. The molecule has 0 fully saturated rings. The predicted octanol–water partition coefficient (Wildman–Crippen LogP) is 9.85. The van der Waals surface area contributed by atoms with E-state index >= 15 is 0 Å². The number of hydrogen-bond donors (Lipinski definition) is 0. The average molecular weight is 602 g/mol. The summed E-state index contributed by atoms with van der Waals surface area (Å²) in [5.74, 6) is 1.63. The maximum absolute atomic E-state index is 9.68. The van der Waals surface area contributed by atoms with Crippen LogP contribution in [0.25, 0.3) is 78.4 Å². The Kier molecular flexibility index (Phi) is 6.80. The van der Waals surface area contributed by atoms with E-state index in [-0.39, 0.29) is 0 Å². The predicted molar refractivity (Wildman–Crippen MR) is 184 cm³/mol. The normalized spacial score (nSPS) is 10.9. The fourth-order valence-electron chi connectivity index (χ4n) is 5.91. The van der Waals surface area contributed by atoms with Gasteiger partial charge in [0.1, 0.15) is 11.2 Å². The molecule has 0 saturated heterocycles. The van der Waals surface area contributed by atoms with Crippen LogP contribution in [0.2, 0.25) is 0 Å². The molecule has 0 aliphatic carbocycles. The summed E-state index contributed by atoms with van der Waals surface area (Å²) in [6, 6.07) is 49.4. The Balaban J connectivity index is 1.41. The van der Waals surface area contributed by atoms with Crippen molar-refractivity contribution in [1.82, 2.24) is 15.0 Å². The minimum absolute atomic E-state index is 0.498. The van der Waals surface area contributed by atoms with Gasteiger partial charge in [-0.3, -0.25) is 0 Å². The van der Waals surface area contributed by atoms with E-state index in [1.54, 1.807) is 12.1 Å². The van der Waals surface area contributed by atoms with Gasteiger partial charge in [0.25, 0.3) is 0 Å². The molecule has 8 aromatic rings. The van der Waals surface area contributed by atoms with Crippen LogP contribution in [0.5, 0.6) is 0 Å². The molecular weight excluding hydrogens is 578 g/mol. The number of nitrogens with zero attached hydrogens (tertiary/aromatic N) is 5. The standard InChI is InChI=1S/C41H23N5O/c42-24-26-10-7-16-30(20-26)32-22-35(31-17-8-11-27(21-31)25-43)38-36(23-32)33-18-9-19-34(37(33)47-38)41-45-39(28-12-3-1-4-13-28)44-40(46-41)29-14-5-2-6-15-29/h1-23H. The van der Waals surface area contributed by atoms with Crippen molar-refractivity contribution in [2.45, 2.75) is 0 Å². The van der Waals surface area contributed by atoms with Gasteiger partial charge in [0, 0.05) is 27.5 Å². The van der Waals surface area contributed by atoms with Crippen LogP contribution in [0, 0.1) is 22.7 Å². The van der Waals surface area contributed by atoms with Crippen molar-refractivity contribution in [3.63, 3.8) is 0 Å². The van der Waals surface area contributed by atoms with Crippen LogP contribution in [0.1, 0.15) is 11.1 Å². The molecule has 218 valence electrons. The van der Waals surface area contributed by atoms with Gasteiger partial charge in [-0.2, -0.15) is 10.5 Å². The van der Waals surface area contributed by atoms with Gasteiger partial charge in [0.05, 0.1) is 28.8 Å². The molecule has 0 atom stereocenters. The van der Waals surface area contributed by atoms with Gasteiger partial charge in [-0.15, -0.1) is 0 Å². The van der Waals surface area contributed by atoms with Crippen LogP contribution in [0.4, 0.5) is 0 Å². The zero-order chi connectivity index (χ0) is 31.7. The Labute approximate surface area is 270 Å². The number of aromatic nitrogens is 3. The molecule has 0 aliphatic heterocycles. The van der Waals surface area contributed by atoms with Gasteiger partial charge >= 0.3 is 0 Å². The van der Waals surface area contributed by atoms with Crippen molar-refractivity contribution in [2.24, 2.45) is 0 Å². The molecule has 2 aromatic heterocycles. The molecule has 0 spiro atoms. The smallest absolute Gasteiger partial charge is 0.167 e. The Hall–Kier alpha value is -6.89. The SMILES string of the molecule is N#Cc1cccc(-c2cc(-c3cccc(C#N)c3)c3oc4c(-c5nc(-c6ccccc6)nc(-c6ccccc6)n5)cccc4c3c2)c1. The van der Waals surface area contributed by atoms with Gasteiger partial charge in [-0.25, -0.2) is 15.0 Å². The van der Waals surface area contributed by atoms with E-state index in [4.69, 9.17) is 19.4 Å². The van der Waals surface area contributed by atoms with Crippen molar-refractivity contribution in [3.8, 4) is 68.6 Å². The van der Waals surface area contributed by atoms with E-state index in [0.717, 1.165) is 49.7 Å². The highest BCUT2D eigenvalue weighted by Crippen LogP contribution is 2.42. The van der Waals surface area contributed by atoms with Gasteiger partial charge in [0.2, 0.25) is 0 Å². The Morgan fingerprint density at radius 3 is 1.57 bits per heavy atom. The van der Waals surface area contributed by atoms with E-state index < -0.39 is 0 Å². The number of hydrogen-bond acceptors (Lipinski definition) is 6. The van der Waals surface area contributed by atoms with Crippen molar-refractivity contribution < 1.29 is 4.42 Å². The Morgan fingerprint density at radius 2 is 0.936 bits per heavy atom. The largest absolute Gasteiger partial charge is 0.455 e. The highest BCUT2D eigenvalue weighted by Gasteiger charge is 2.20. The summed E-state index contributed by atoms with van der Waals surface area (Å²) >= 11 is 0. The van der Waals surface area contributed by atoms with E-state index in [1.165, 1.54) is 0 Å². The van der Waals surface area contributed by atoms with E-state index in [9.17, 15) is 10.5 Å². The van der Waals surface area contributed by atoms with E-state index in [0.29, 0.717) is 39.8 Å². The quantitative estimate of drug-likeness (QED) is 0.195. The lowest BCUT2D eigenvalue weighted by Gasteiger charge is -2.09. The molecule has 0 unspecified atom stereocenters. The summed E-state index contributed by atoms with van der Waals surface area (Å²) in [5, 5.41) is 21.1. The molecule has 47 heavy (non-hydrogen) atoms. The molecule has 6 heteroatoms. The minimum Gasteiger partial charge on any atom is -0.455 e. The number of nitriles is 2. The van der Waals surface area contributed by atoms with Gasteiger partial charge in [-0.1, -0.05) is 97.1 Å². The molecule has 2 heterocycles. The van der Waals surface area contributed by atoms with Crippen LogP contribution in [-0.4, -0.2) is 15.0 Å². The third-order valence-electron chi connectivity index (χ3n) is 8.17. The third-order valence-corrected chi connectivity index (χ3v) is 8.17. The maximum atomic E-state index is 9.68. The molecule has 6 aromatic carbocycles. The summed E-state index contributed by atoms with van der Waals surface area (Å²) in [4.78, 5) is 14.8. The minimum atomic E-state index is 0.498. The van der Waals surface area contributed by atoms with Crippen LogP contribution < -0.4 is 0 Å².